The average molecular weight is 259 g/mol. The Balaban J connectivity index is 1.51. The maximum Gasteiger partial charge on any atom is 0.229 e. The first-order valence-electron chi connectivity index (χ1n) is 7.06. The zero-order valence-electron chi connectivity index (χ0n) is 11.4. The molecule has 1 saturated carbocycles. The van der Waals surface area contributed by atoms with Gasteiger partial charge in [-0.1, -0.05) is 18.2 Å². The van der Waals surface area contributed by atoms with Crippen LogP contribution in [0.5, 0.6) is 0 Å². The van der Waals surface area contributed by atoms with Crippen LogP contribution >= 0.6 is 0 Å². The molecule has 0 aromatic heterocycles. The molecule has 2 aliphatic rings. The van der Waals surface area contributed by atoms with Gasteiger partial charge in [-0.2, -0.15) is 0 Å². The number of carbonyl (C=O) groups excluding carboxylic acids is 1. The van der Waals surface area contributed by atoms with E-state index in [-0.39, 0.29) is 11.8 Å². The van der Waals surface area contributed by atoms with Gasteiger partial charge in [0.1, 0.15) is 0 Å². The fourth-order valence-corrected chi connectivity index (χ4v) is 2.69. The maximum atomic E-state index is 12.2. The van der Waals surface area contributed by atoms with Gasteiger partial charge in [-0.25, -0.2) is 0 Å². The number of carbonyl (C=O) groups is 1. The van der Waals surface area contributed by atoms with Gasteiger partial charge in [0.15, 0.2) is 0 Å². The number of nitrogens with one attached hydrogen (secondary N) is 2. The minimum atomic E-state index is -0.0394. The van der Waals surface area contributed by atoms with E-state index in [1.54, 1.807) is 0 Å². The lowest BCUT2D eigenvalue weighted by molar-refractivity contribution is -0.122. The van der Waals surface area contributed by atoms with Gasteiger partial charge in [0, 0.05) is 31.4 Å². The molecule has 1 aromatic carbocycles. The zero-order chi connectivity index (χ0) is 13.2. The minimum Gasteiger partial charge on any atom is -0.384 e. The first-order chi connectivity index (χ1) is 9.25. The Kier molecular flexibility index (Phi) is 3.42. The van der Waals surface area contributed by atoms with Crippen LogP contribution in [0.4, 0.5) is 5.69 Å². The zero-order valence-corrected chi connectivity index (χ0v) is 11.4. The highest BCUT2D eigenvalue weighted by atomic mass is 16.1. The highest BCUT2D eigenvalue weighted by molar-refractivity contribution is 5.88. The van der Waals surface area contributed by atoms with Gasteiger partial charge in [-0.15, -0.1) is 0 Å². The second kappa shape index (κ2) is 5.21. The van der Waals surface area contributed by atoms with Crippen molar-refractivity contribution in [3.05, 3.63) is 29.8 Å². The van der Waals surface area contributed by atoms with Crippen LogP contribution in [-0.4, -0.2) is 43.5 Å². The third-order valence-corrected chi connectivity index (χ3v) is 4.08. The first kappa shape index (κ1) is 12.5. The van der Waals surface area contributed by atoms with Gasteiger partial charge in [-0.05, 0) is 31.5 Å². The van der Waals surface area contributed by atoms with Crippen molar-refractivity contribution >= 4 is 11.6 Å². The number of benzene rings is 1. The molecule has 0 bridgehead atoms. The lowest BCUT2D eigenvalue weighted by atomic mass is 10.0. The Morgan fingerprint density at radius 1 is 1.42 bits per heavy atom. The second-order valence-electron chi connectivity index (χ2n) is 5.52. The topological polar surface area (TPSA) is 44.4 Å². The number of para-hydroxylation sites is 1. The first-order valence-corrected chi connectivity index (χ1v) is 7.06. The van der Waals surface area contributed by atoms with Crippen LogP contribution in [0.15, 0.2) is 24.3 Å². The van der Waals surface area contributed by atoms with Gasteiger partial charge in [0.25, 0.3) is 0 Å². The Morgan fingerprint density at radius 3 is 3.00 bits per heavy atom. The van der Waals surface area contributed by atoms with Crippen LogP contribution in [0.25, 0.3) is 0 Å². The number of likely N-dealkylation sites (N-methyl/N-ethyl adjacent to an activating group) is 1. The lowest BCUT2D eigenvalue weighted by Gasteiger charge is -2.17. The van der Waals surface area contributed by atoms with E-state index in [9.17, 15) is 4.79 Å². The molecule has 1 aliphatic heterocycles. The summed E-state index contributed by atoms with van der Waals surface area (Å²) in [7, 11) is 2.14. The molecular formula is C15H21N3O. The molecule has 1 heterocycles. The number of nitrogens with zero attached hydrogens (tertiary/aromatic N) is 1. The van der Waals surface area contributed by atoms with Crippen molar-refractivity contribution in [2.45, 2.75) is 24.8 Å². The van der Waals surface area contributed by atoms with E-state index in [2.05, 4.69) is 22.6 Å². The quantitative estimate of drug-likeness (QED) is 0.840. The SMILES string of the molecule is CN(CCNC(=O)C1CNc2ccccc21)C1CC1. The molecule has 102 valence electrons. The summed E-state index contributed by atoms with van der Waals surface area (Å²) in [5, 5.41) is 6.35. The number of hydrogen-bond acceptors (Lipinski definition) is 3. The highest BCUT2D eigenvalue weighted by Gasteiger charge is 2.28. The van der Waals surface area contributed by atoms with E-state index in [4.69, 9.17) is 0 Å². The Hall–Kier alpha value is -1.55. The number of rotatable bonds is 5. The van der Waals surface area contributed by atoms with Crippen LogP contribution in [0.2, 0.25) is 0 Å². The molecule has 0 radical (unpaired) electrons. The van der Waals surface area contributed by atoms with E-state index in [0.717, 1.165) is 30.4 Å². The Bertz CT molecular complexity index is 470. The number of anilines is 1. The summed E-state index contributed by atoms with van der Waals surface area (Å²) in [5.41, 5.74) is 2.22. The third kappa shape index (κ3) is 2.73. The second-order valence-corrected chi connectivity index (χ2v) is 5.52. The molecule has 19 heavy (non-hydrogen) atoms. The molecule has 1 fully saturated rings. The Morgan fingerprint density at radius 2 is 2.21 bits per heavy atom. The van der Waals surface area contributed by atoms with Crippen molar-refractivity contribution in [1.29, 1.82) is 0 Å². The van der Waals surface area contributed by atoms with E-state index < -0.39 is 0 Å². The molecule has 1 aromatic rings. The predicted molar refractivity (Wildman–Crippen MR) is 76.3 cm³/mol. The Labute approximate surface area is 114 Å². The summed E-state index contributed by atoms with van der Waals surface area (Å²) in [6, 6.07) is 8.81. The minimum absolute atomic E-state index is 0.0394. The summed E-state index contributed by atoms with van der Waals surface area (Å²) in [6.45, 7) is 2.40. The third-order valence-electron chi connectivity index (χ3n) is 4.08. The summed E-state index contributed by atoms with van der Waals surface area (Å²) >= 11 is 0. The van der Waals surface area contributed by atoms with Crippen LogP contribution < -0.4 is 10.6 Å². The van der Waals surface area contributed by atoms with Crippen molar-refractivity contribution < 1.29 is 4.79 Å². The number of fused-ring (bicyclic) bond motifs is 1. The van der Waals surface area contributed by atoms with Crippen LogP contribution in [0.1, 0.15) is 24.3 Å². The van der Waals surface area contributed by atoms with Crippen LogP contribution in [-0.2, 0) is 4.79 Å². The average Bonchev–Trinajstić information content (AvgIpc) is 3.18. The summed E-state index contributed by atoms with van der Waals surface area (Å²) in [5.74, 6) is 0.101. The lowest BCUT2D eigenvalue weighted by Crippen LogP contribution is -2.36. The molecule has 1 amide bonds. The predicted octanol–water partition coefficient (Wildman–Crippen LogP) is 1.41. The van der Waals surface area contributed by atoms with Crippen molar-refractivity contribution in [2.75, 3.05) is 32.0 Å². The summed E-state index contributed by atoms with van der Waals surface area (Å²) < 4.78 is 0. The monoisotopic (exact) mass is 259 g/mol. The van der Waals surface area contributed by atoms with E-state index in [1.807, 2.05) is 24.3 Å². The molecule has 1 atom stereocenters. The van der Waals surface area contributed by atoms with E-state index in [1.165, 1.54) is 12.8 Å². The van der Waals surface area contributed by atoms with Crippen molar-refractivity contribution in [3.63, 3.8) is 0 Å². The smallest absolute Gasteiger partial charge is 0.229 e. The van der Waals surface area contributed by atoms with Gasteiger partial charge in [0.05, 0.1) is 5.92 Å². The van der Waals surface area contributed by atoms with Crippen molar-refractivity contribution in [2.24, 2.45) is 0 Å². The summed E-state index contributed by atoms with van der Waals surface area (Å²) in [4.78, 5) is 14.5. The molecule has 3 rings (SSSR count). The van der Waals surface area contributed by atoms with Gasteiger partial charge < -0.3 is 15.5 Å². The van der Waals surface area contributed by atoms with Gasteiger partial charge in [-0.3, -0.25) is 4.79 Å². The van der Waals surface area contributed by atoms with Gasteiger partial charge >= 0.3 is 0 Å². The normalized spacial score (nSPS) is 21.1. The molecular weight excluding hydrogens is 238 g/mol. The number of amides is 1. The molecule has 4 nitrogen and oxygen atoms in total. The fourth-order valence-electron chi connectivity index (χ4n) is 2.69. The molecule has 4 heteroatoms. The van der Waals surface area contributed by atoms with Gasteiger partial charge in [0.2, 0.25) is 5.91 Å². The van der Waals surface area contributed by atoms with Crippen LogP contribution in [0.3, 0.4) is 0 Å². The standard InChI is InChI=1S/C15H21N3O/c1-18(11-6-7-11)9-8-16-15(19)13-10-17-14-5-3-2-4-12(13)14/h2-5,11,13,17H,6-10H2,1H3,(H,16,19). The highest BCUT2D eigenvalue weighted by Crippen LogP contribution is 2.31. The van der Waals surface area contributed by atoms with E-state index >= 15 is 0 Å². The molecule has 0 spiro atoms. The van der Waals surface area contributed by atoms with Crippen LogP contribution in [0, 0.1) is 0 Å². The molecule has 1 aliphatic carbocycles. The van der Waals surface area contributed by atoms with Crippen molar-refractivity contribution in [1.82, 2.24) is 10.2 Å². The largest absolute Gasteiger partial charge is 0.384 e. The summed E-state index contributed by atoms with van der Waals surface area (Å²) in [6.07, 6.45) is 2.62. The van der Waals surface area contributed by atoms with Crippen molar-refractivity contribution in [3.8, 4) is 0 Å². The maximum absolute atomic E-state index is 12.2. The molecule has 0 saturated heterocycles. The molecule has 1 unspecified atom stereocenters. The van der Waals surface area contributed by atoms with E-state index in [0.29, 0.717) is 6.54 Å². The fraction of sp³-hybridized carbons (Fsp3) is 0.533. The number of hydrogen-bond donors (Lipinski definition) is 2. The molecule has 2 N–H and O–H groups in total.